The lowest BCUT2D eigenvalue weighted by atomic mass is 10.0. The number of ether oxygens (including phenoxy) is 1. The molecule has 1 unspecified atom stereocenters. The molecule has 0 radical (unpaired) electrons. The van der Waals surface area contributed by atoms with E-state index >= 15 is 0 Å². The fraction of sp³-hybridized carbons (Fsp3) is 0.542. The molecule has 2 heterocycles. The Morgan fingerprint density at radius 2 is 1.83 bits per heavy atom. The topological polar surface area (TPSA) is 41.6 Å². The van der Waals surface area contributed by atoms with Crippen LogP contribution in [-0.2, 0) is 12.8 Å². The van der Waals surface area contributed by atoms with E-state index in [4.69, 9.17) is 4.74 Å². The highest BCUT2D eigenvalue weighted by Crippen LogP contribution is 2.40. The van der Waals surface area contributed by atoms with Gasteiger partial charge in [0.05, 0.1) is 13.2 Å². The number of likely N-dealkylation sites (tertiary alicyclic amines) is 1. The summed E-state index contributed by atoms with van der Waals surface area (Å²) in [4.78, 5) is 17.7. The van der Waals surface area contributed by atoms with Crippen molar-refractivity contribution in [2.24, 2.45) is 0 Å². The van der Waals surface area contributed by atoms with Gasteiger partial charge in [-0.3, -0.25) is 9.69 Å². The first-order valence-electron chi connectivity index (χ1n) is 10.9. The summed E-state index contributed by atoms with van der Waals surface area (Å²) in [5.74, 6) is 0.815. The van der Waals surface area contributed by atoms with Crippen LogP contribution in [0.5, 0.6) is 5.75 Å². The quantitative estimate of drug-likeness (QED) is 0.734. The Kier molecular flexibility index (Phi) is 6.56. The number of thiophene rings is 1. The minimum absolute atomic E-state index is 0.00758. The second-order valence-electron chi connectivity index (χ2n) is 8.31. The molecule has 4 rings (SSSR count). The van der Waals surface area contributed by atoms with Crippen LogP contribution in [0.3, 0.4) is 0 Å². The highest BCUT2D eigenvalue weighted by Gasteiger charge is 2.28. The van der Waals surface area contributed by atoms with Crippen LogP contribution < -0.4 is 10.1 Å². The SMILES string of the molecule is COc1c(C(=O)NCC(c2ccc(C)cc2)N2CCCCCC2)sc2c1CCC2. The smallest absolute Gasteiger partial charge is 0.265 e. The first-order valence-corrected chi connectivity index (χ1v) is 11.8. The first kappa shape index (κ1) is 20.4. The molecule has 1 aliphatic heterocycles. The van der Waals surface area contributed by atoms with Crippen molar-refractivity contribution in [1.82, 2.24) is 10.2 Å². The Morgan fingerprint density at radius 3 is 2.52 bits per heavy atom. The third-order valence-corrected chi connectivity index (χ3v) is 7.55. The van der Waals surface area contributed by atoms with E-state index in [9.17, 15) is 4.79 Å². The van der Waals surface area contributed by atoms with E-state index in [1.165, 1.54) is 53.7 Å². The highest BCUT2D eigenvalue weighted by molar-refractivity contribution is 7.14. The van der Waals surface area contributed by atoms with Crippen molar-refractivity contribution < 1.29 is 9.53 Å². The van der Waals surface area contributed by atoms with Gasteiger partial charge >= 0.3 is 0 Å². The van der Waals surface area contributed by atoms with E-state index in [1.54, 1.807) is 18.4 Å². The van der Waals surface area contributed by atoms with Crippen molar-refractivity contribution in [3.05, 3.63) is 50.7 Å². The Balaban J connectivity index is 1.51. The monoisotopic (exact) mass is 412 g/mol. The van der Waals surface area contributed by atoms with Crippen molar-refractivity contribution in [2.75, 3.05) is 26.7 Å². The van der Waals surface area contributed by atoms with Gasteiger partial charge in [0.1, 0.15) is 10.6 Å². The third-order valence-electron chi connectivity index (χ3n) is 6.28. The van der Waals surface area contributed by atoms with Gasteiger partial charge in [-0.05, 0) is 57.7 Å². The summed E-state index contributed by atoms with van der Waals surface area (Å²) in [6, 6.07) is 9.01. The molecule has 2 aliphatic rings. The van der Waals surface area contributed by atoms with Gasteiger partial charge in [-0.2, -0.15) is 0 Å². The van der Waals surface area contributed by atoms with Crippen LogP contribution in [-0.4, -0.2) is 37.6 Å². The average molecular weight is 413 g/mol. The maximum atomic E-state index is 13.1. The van der Waals surface area contributed by atoms with Gasteiger partial charge in [-0.15, -0.1) is 11.3 Å². The van der Waals surface area contributed by atoms with Crippen LogP contribution in [0.25, 0.3) is 0 Å². The largest absolute Gasteiger partial charge is 0.495 e. The van der Waals surface area contributed by atoms with Crippen LogP contribution in [0.15, 0.2) is 24.3 Å². The van der Waals surface area contributed by atoms with Crippen LogP contribution >= 0.6 is 11.3 Å². The molecule has 4 nitrogen and oxygen atoms in total. The van der Waals surface area contributed by atoms with Crippen molar-refractivity contribution in [1.29, 1.82) is 0 Å². The number of rotatable bonds is 6. The molecule has 156 valence electrons. The van der Waals surface area contributed by atoms with Gasteiger partial charge in [-0.25, -0.2) is 0 Å². The molecule has 0 bridgehead atoms. The number of amides is 1. The van der Waals surface area contributed by atoms with Crippen molar-refractivity contribution in [3.8, 4) is 5.75 Å². The van der Waals surface area contributed by atoms with Gasteiger partial charge in [0.25, 0.3) is 5.91 Å². The number of hydrogen-bond acceptors (Lipinski definition) is 4. The predicted molar refractivity (Wildman–Crippen MR) is 119 cm³/mol. The number of benzene rings is 1. The number of fused-ring (bicyclic) bond motifs is 1. The van der Waals surface area contributed by atoms with E-state index in [0.29, 0.717) is 6.54 Å². The summed E-state index contributed by atoms with van der Waals surface area (Å²) in [7, 11) is 1.68. The van der Waals surface area contributed by atoms with E-state index in [-0.39, 0.29) is 11.9 Å². The van der Waals surface area contributed by atoms with E-state index in [0.717, 1.165) is 36.6 Å². The summed E-state index contributed by atoms with van der Waals surface area (Å²) >= 11 is 1.62. The van der Waals surface area contributed by atoms with Gasteiger partial charge < -0.3 is 10.1 Å². The van der Waals surface area contributed by atoms with Gasteiger partial charge in [0.2, 0.25) is 0 Å². The number of nitrogens with zero attached hydrogens (tertiary/aromatic N) is 1. The number of nitrogens with one attached hydrogen (secondary N) is 1. The molecule has 1 fully saturated rings. The Bertz CT molecular complexity index is 835. The predicted octanol–water partition coefficient (Wildman–Crippen LogP) is 4.90. The number of carbonyl (C=O) groups is 1. The summed E-state index contributed by atoms with van der Waals surface area (Å²) in [6.07, 6.45) is 8.36. The van der Waals surface area contributed by atoms with Crippen molar-refractivity contribution in [2.45, 2.75) is 57.9 Å². The van der Waals surface area contributed by atoms with Gasteiger partial charge in [0, 0.05) is 17.0 Å². The maximum Gasteiger partial charge on any atom is 0.265 e. The molecule has 29 heavy (non-hydrogen) atoms. The molecular formula is C24H32N2O2S. The molecule has 1 N–H and O–H groups in total. The molecule has 1 aromatic carbocycles. The maximum absolute atomic E-state index is 13.1. The van der Waals surface area contributed by atoms with Crippen molar-refractivity contribution in [3.63, 3.8) is 0 Å². The fourth-order valence-electron chi connectivity index (χ4n) is 4.66. The zero-order chi connectivity index (χ0) is 20.2. The zero-order valence-electron chi connectivity index (χ0n) is 17.6. The van der Waals surface area contributed by atoms with Gasteiger partial charge in [0.15, 0.2) is 0 Å². The molecule has 2 aromatic rings. The zero-order valence-corrected chi connectivity index (χ0v) is 18.4. The number of methoxy groups -OCH3 is 1. The molecule has 5 heteroatoms. The third kappa shape index (κ3) is 4.51. The average Bonchev–Trinajstić information content (AvgIpc) is 3.21. The Hall–Kier alpha value is -1.85. The van der Waals surface area contributed by atoms with Crippen LogP contribution in [0.1, 0.15) is 69.4 Å². The fourth-order valence-corrected chi connectivity index (χ4v) is 5.94. The van der Waals surface area contributed by atoms with Crippen LogP contribution in [0, 0.1) is 6.92 Å². The minimum atomic E-state index is 0.00758. The van der Waals surface area contributed by atoms with Crippen LogP contribution in [0.2, 0.25) is 0 Å². The number of hydrogen-bond donors (Lipinski definition) is 1. The molecule has 0 saturated carbocycles. The van der Waals surface area contributed by atoms with E-state index < -0.39 is 0 Å². The lowest BCUT2D eigenvalue weighted by Crippen LogP contribution is -2.38. The summed E-state index contributed by atoms with van der Waals surface area (Å²) < 4.78 is 5.63. The summed E-state index contributed by atoms with van der Waals surface area (Å²) in [6.45, 7) is 4.96. The lowest BCUT2D eigenvalue weighted by molar-refractivity contribution is 0.0934. The molecular weight excluding hydrogens is 380 g/mol. The number of aryl methyl sites for hydroxylation is 2. The molecule has 1 aromatic heterocycles. The second-order valence-corrected chi connectivity index (χ2v) is 9.41. The van der Waals surface area contributed by atoms with Crippen molar-refractivity contribution >= 4 is 17.2 Å². The molecule has 1 saturated heterocycles. The molecule has 1 aliphatic carbocycles. The minimum Gasteiger partial charge on any atom is -0.495 e. The molecule has 0 spiro atoms. The standard InChI is InChI=1S/C24H32N2O2S/c1-17-10-12-18(13-11-17)20(26-14-5-3-4-6-15-26)16-25-24(27)23-22(28-2)19-8-7-9-21(19)29-23/h10-13,20H,3-9,14-16H2,1-2H3,(H,25,27). The van der Waals surface area contributed by atoms with E-state index in [1.807, 2.05) is 0 Å². The summed E-state index contributed by atoms with van der Waals surface area (Å²) in [5, 5.41) is 3.24. The first-order chi connectivity index (χ1) is 14.2. The second kappa shape index (κ2) is 9.31. The number of carbonyl (C=O) groups excluding carboxylic acids is 1. The normalized spacial score (nSPS) is 18.1. The van der Waals surface area contributed by atoms with Crippen LogP contribution in [0.4, 0.5) is 0 Å². The molecule has 1 amide bonds. The van der Waals surface area contributed by atoms with Gasteiger partial charge in [-0.1, -0.05) is 42.7 Å². The van der Waals surface area contributed by atoms with E-state index in [2.05, 4.69) is 41.4 Å². The Labute approximate surface area is 178 Å². The Morgan fingerprint density at radius 1 is 1.10 bits per heavy atom. The highest BCUT2D eigenvalue weighted by atomic mass is 32.1. The summed E-state index contributed by atoms with van der Waals surface area (Å²) in [5.41, 5.74) is 3.81. The molecule has 1 atom stereocenters. The lowest BCUT2D eigenvalue weighted by Gasteiger charge is -2.31.